The Kier molecular flexibility index (Phi) is 7.36. The van der Waals surface area contributed by atoms with Crippen molar-refractivity contribution >= 4 is 40.6 Å². The van der Waals surface area contributed by atoms with Crippen LogP contribution in [0.25, 0.3) is 0 Å². The molecule has 0 aliphatic rings. The molecule has 7 heteroatoms. The molecule has 0 aliphatic carbocycles. The number of hydrogen-bond acceptors (Lipinski definition) is 5. The number of rotatable bonds is 8. The molecule has 0 spiro atoms. The zero-order valence-corrected chi connectivity index (χ0v) is 16.2. The Morgan fingerprint density at radius 1 is 1.12 bits per heavy atom. The summed E-state index contributed by atoms with van der Waals surface area (Å²) in [6.07, 6.45) is -0.976. The van der Waals surface area contributed by atoms with Crippen LogP contribution in [0.1, 0.15) is 40.6 Å². The Morgan fingerprint density at radius 3 is 2.42 bits per heavy atom. The number of ketones is 1. The van der Waals surface area contributed by atoms with Gasteiger partial charge in [-0.15, -0.1) is 11.3 Å². The number of nitrogens with one attached hydrogen (secondary N) is 1. The van der Waals surface area contributed by atoms with Gasteiger partial charge in [0.2, 0.25) is 0 Å². The third kappa shape index (κ3) is 6.28. The molecular weight excluding hydrogens is 374 g/mol. The minimum absolute atomic E-state index is 0.0212. The van der Waals surface area contributed by atoms with Crippen LogP contribution in [0.5, 0.6) is 0 Å². The maximum Gasteiger partial charge on any atom is 0.307 e. The van der Waals surface area contributed by atoms with E-state index in [1.165, 1.54) is 18.3 Å². The lowest BCUT2D eigenvalue weighted by Gasteiger charge is -2.13. The number of ether oxygens (including phenoxy) is 1. The Hall–Kier alpha value is -2.18. The van der Waals surface area contributed by atoms with E-state index in [0.717, 1.165) is 11.1 Å². The molecule has 0 fully saturated rings. The topological polar surface area (TPSA) is 72.5 Å². The predicted octanol–water partition coefficient (Wildman–Crippen LogP) is 3.92. The molecule has 1 heterocycles. The Labute approximate surface area is 161 Å². The second-order valence-electron chi connectivity index (χ2n) is 5.86. The van der Waals surface area contributed by atoms with Crippen molar-refractivity contribution in [2.45, 2.75) is 39.3 Å². The van der Waals surface area contributed by atoms with E-state index in [-0.39, 0.29) is 24.5 Å². The fourth-order valence-corrected chi connectivity index (χ4v) is 3.16. The summed E-state index contributed by atoms with van der Waals surface area (Å²) in [5.74, 6) is -1.13. The number of esters is 1. The summed E-state index contributed by atoms with van der Waals surface area (Å²) in [7, 11) is 0. The van der Waals surface area contributed by atoms with E-state index < -0.39 is 12.1 Å². The van der Waals surface area contributed by atoms with E-state index in [4.69, 9.17) is 16.3 Å². The zero-order chi connectivity index (χ0) is 19.1. The molecule has 0 saturated heterocycles. The molecule has 1 atom stereocenters. The van der Waals surface area contributed by atoms with E-state index in [1.807, 2.05) is 31.2 Å². The number of benzene rings is 1. The van der Waals surface area contributed by atoms with Gasteiger partial charge in [-0.05, 0) is 31.5 Å². The van der Waals surface area contributed by atoms with Crippen LogP contribution in [0.15, 0.2) is 36.4 Å². The van der Waals surface area contributed by atoms with Crippen molar-refractivity contribution in [3.05, 3.63) is 56.7 Å². The number of thiophene rings is 1. The molecule has 5 nitrogen and oxygen atoms in total. The van der Waals surface area contributed by atoms with Crippen molar-refractivity contribution in [2.75, 3.05) is 0 Å². The summed E-state index contributed by atoms with van der Waals surface area (Å²) in [5.41, 5.74) is 2.10. The summed E-state index contributed by atoms with van der Waals surface area (Å²) >= 11 is 6.95. The lowest BCUT2D eigenvalue weighted by atomic mass is 10.1. The summed E-state index contributed by atoms with van der Waals surface area (Å²) in [5, 5.41) is 2.72. The van der Waals surface area contributed by atoms with Crippen LogP contribution in [0, 0.1) is 6.92 Å². The third-order valence-electron chi connectivity index (χ3n) is 3.67. The number of carbonyl (C=O) groups is 3. The number of Topliss-reactive ketones (excluding diaryl/α,β-unsaturated/α-hetero) is 1. The Bertz CT molecular complexity index is 785. The van der Waals surface area contributed by atoms with Gasteiger partial charge < -0.3 is 10.1 Å². The summed E-state index contributed by atoms with van der Waals surface area (Å²) in [6, 6.07) is 11.0. The maximum absolute atomic E-state index is 12.0. The average Bonchev–Trinajstić information content (AvgIpc) is 3.05. The highest BCUT2D eigenvalue weighted by Crippen LogP contribution is 2.23. The van der Waals surface area contributed by atoms with Gasteiger partial charge >= 0.3 is 5.97 Å². The van der Waals surface area contributed by atoms with Crippen molar-refractivity contribution < 1.29 is 19.1 Å². The smallest absolute Gasteiger partial charge is 0.307 e. The second kappa shape index (κ2) is 9.50. The van der Waals surface area contributed by atoms with Gasteiger partial charge in [-0.3, -0.25) is 14.4 Å². The van der Waals surface area contributed by atoms with E-state index in [2.05, 4.69) is 5.32 Å². The van der Waals surface area contributed by atoms with Crippen LogP contribution in [0.3, 0.4) is 0 Å². The average molecular weight is 394 g/mol. The molecule has 0 bridgehead atoms. The Balaban J connectivity index is 1.72. The SMILES string of the molecule is Cc1ccc(CNC(=O)[C@H](C)OC(=O)CCC(=O)c2ccc(Cl)s2)cc1. The van der Waals surface area contributed by atoms with Crippen molar-refractivity contribution in [3.63, 3.8) is 0 Å². The van der Waals surface area contributed by atoms with Crippen LogP contribution in [0.2, 0.25) is 4.34 Å². The molecule has 0 saturated carbocycles. The molecule has 138 valence electrons. The lowest BCUT2D eigenvalue weighted by molar-refractivity contribution is -0.154. The van der Waals surface area contributed by atoms with Crippen molar-refractivity contribution in [1.29, 1.82) is 0 Å². The number of aryl methyl sites for hydroxylation is 1. The monoisotopic (exact) mass is 393 g/mol. The second-order valence-corrected chi connectivity index (χ2v) is 7.58. The van der Waals surface area contributed by atoms with Crippen LogP contribution in [-0.2, 0) is 20.9 Å². The van der Waals surface area contributed by atoms with Crippen molar-refractivity contribution in [3.8, 4) is 0 Å². The highest BCUT2D eigenvalue weighted by Gasteiger charge is 2.19. The molecule has 1 aromatic carbocycles. The van der Waals surface area contributed by atoms with Gasteiger partial charge in [-0.2, -0.15) is 0 Å². The molecule has 2 rings (SSSR count). The van der Waals surface area contributed by atoms with E-state index in [1.54, 1.807) is 12.1 Å². The zero-order valence-electron chi connectivity index (χ0n) is 14.6. The standard InChI is InChI=1S/C19H20ClNO4S/c1-12-3-5-14(6-4-12)11-21-19(24)13(2)25-18(23)10-7-15(22)16-8-9-17(20)26-16/h3-6,8-9,13H,7,10-11H2,1-2H3,(H,21,24)/t13-/m0/s1. The van der Waals surface area contributed by atoms with Gasteiger partial charge in [-0.1, -0.05) is 41.4 Å². The number of halogens is 1. The third-order valence-corrected chi connectivity index (χ3v) is 4.94. The fourth-order valence-electron chi connectivity index (χ4n) is 2.15. The van der Waals surface area contributed by atoms with Crippen molar-refractivity contribution in [1.82, 2.24) is 5.32 Å². The molecule has 1 N–H and O–H groups in total. The molecular formula is C19H20ClNO4S. The van der Waals surface area contributed by atoms with Gasteiger partial charge in [0.1, 0.15) is 0 Å². The predicted molar refractivity (Wildman–Crippen MR) is 101 cm³/mol. The van der Waals surface area contributed by atoms with E-state index in [0.29, 0.717) is 15.8 Å². The normalized spacial score (nSPS) is 11.7. The van der Waals surface area contributed by atoms with Gasteiger partial charge in [0.05, 0.1) is 15.6 Å². The first-order valence-corrected chi connectivity index (χ1v) is 9.36. The van der Waals surface area contributed by atoms with Gasteiger partial charge in [0.15, 0.2) is 11.9 Å². The maximum atomic E-state index is 12.0. The van der Waals surface area contributed by atoms with E-state index >= 15 is 0 Å². The molecule has 0 aliphatic heterocycles. The van der Waals surface area contributed by atoms with Gasteiger partial charge in [-0.25, -0.2) is 0 Å². The highest BCUT2D eigenvalue weighted by atomic mass is 35.5. The number of carbonyl (C=O) groups excluding carboxylic acids is 3. The molecule has 0 radical (unpaired) electrons. The molecule has 26 heavy (non-hydrogen) atoms. The number of hydrogen-bond donors (Lipinski definition) is 1. The van der Waals surface area contributed by atoms with Crippen LogP contribution in [0.4, 0.5) is 0 Å². The highest BCUT2D eigenvalue weighted by molar-refractivity contribution is 7.18. The first-order chi connectivity index (χ1) is 12.3. The fraction of sp³-hybridized carbons (Fsp3) is 0.316. The molecule has 1 aromatic heterocycles. The Morgan fingerprint density at radius 2 is 1.81 bits per heavy atom. The quantitative estimate of drug-likeness (QED) is 0.545. The first kappa shape index (κ1) is 20.1. The first-order valence-electron chi connectivity index (χ1n) is 8.16. The summed E-state index contributed by atoms with van der Waals surface area (Å²) in [4.78, 5) is 36.3. The summed E-state index contributed by atoms with van der Waals surface area (Å²) in [6.45, 7) is 3.85. The lowest BCUT2D eigenvalue weighted by Crippen LogP contribution is -2.35. The van der Waals surface area contributed by atoms with Gasteiger partial charge in [0.25, 0.3) is 5.91 Å². The van der Waals surface area contributed by atoms with Crippen LogP contribution < -0.4 is 5.32 Å². The summed E-state index contributed by atoms with van der Waals surface area (Å²) < 4.78 is 5.61. The molecule has 1 amide bonds. The van der Waals surface area contributed by atoms with E-state index in [9.17, 15) is 14.4 Å². The minimum atomic E-state index is -0.917. The number of amides is 1. The largest absolute Gasteiger partial charge is 0.453 e. The van der Waals surface area contributed by atoms with Crippen molar-refractivity contribution in [2.24, 2.45) is 0 Å². The molecule has 2 aromatic rings. The molecule has 0 unspecified atom stereocenters. The van der Waals surface area contributed by atoms with Crippen LogP contribution in [-0.4, -0.2) is 23.8 Å². The van der Waals surface area contributed by atoms with Crippen LogP contribution >= 0.6 is 22.9 Å². The minimum Gasteiger partial charge on any atom is -0.453 e. The van der Waals surface area contributed by atoms with Gasteiger partial charge in [0, 0.05) is 13.0 Å².